The molecule has 0 aromatic heterocycles. The molecule has 0 aliphatic rings. The largest absolute Gasteiger partial charge is 0.478 e. The SMILES string of the molecule is CC(C)(C)CNC(=O)c1ccc(/C=C/C(=O)O)c(Cl)c1. The van der Waals surface area contributed by atoms with Crippen LogP contribution in [-0.4, -0.2) is 23.5 Å². The van der Waals surface area contributed by atoms with Gasteiger partial charge in [0.1, 0.15) is 0 Å². The Balaban J connectivity index is 2.81. The van der Waals surface area contributed by atoms with Gasteiger partial charge in [0, 0.05) is 23.2 Å². The van der Waals surface area contributed by atoms with Crippen molar-refractivity contribution < 1.29 is 14.7 Å². The van der Waals surface area contributed by atoms with Gasteiger partial charge in [0.05, 0.1) is 0 Å². The van der Waals surface area contributed by atoms with E-state index in [9.17, 15) is 9.59 Å². The first-order chi connectivity index (χ1) is 9.19. The predicted molar refractivity (Wildman–Crippen MR) is 79.9 cm³/mol. The summed E-state index contributed by atoms with van der Waals surface area (Å²) in [5.41, 5.74) is 1.01. The van der Waals surface area contributed by atoms with Gasteiger partial charge in [-0.1, -0.05) is 38.4 Å². The lowest BCUT2D eigenvalue weighted by atomic mass is 9.97. The Bertz CT molecular complexity index is 545. The predicted octanol–water partition coefficient (Wildman–Crippen LogP) is 3.21. The molecular weight excluding hydrogens is 278 g/mol. The van der Waals surface area contributed by atoms with E-state index in [-0.39, 0.29) is 11.3 Å². The van der Waals surface area contributed by atoms with Crippen LogP contribution in [0.2, 0.25) is 5.02 Å². The minimum Gasteiger partial charge on any atom is -0.478 e. The minimum atomic E-state index is -1.05. The molecule has 1 aromatic carbocycles. The highest BCUT2D eigenvalue weighted by molar-refractivity contribution is 6.32. The number of hydrogen-bond acceptors (Lipinski definition) is 2. The van der Waals surface area contributed by atoms with Crippen molar-refractivity contribution in [3.63, 3.8) is 0 Å². The number of nitrogens with one attached hydrogen (secondary N) is 1. The molecule has 108 valence electrons. The lowest BCUT2D eigenvalue weighted by Gasteiger charge is -2.18. The van der Waals surface area contributed by atoms with Gasteiger partial charge in [-0.05, 0) is 29.2 Å². The van der Waals surface area contributed by atoms with Crippen LogP contribution in [0.5, 0.6) is 0 Å². The van der Waals surface area contributed by atoms with Crippen molar-refractivity contribution in [3.05, 3.63) is 40.4 Å². The standard InChI is InChI=1S/C15H18ClNO3/c1-15(2,3)9-17-14(20)11-5-4-10(12(16)8-11)6-7-13(18)19/h4-8H,9H2,1-3H3,(H,17,20)(H,18,19)/b7-6+. The molecule has 0 fully saturated rings. The first kappa shape index (κ1) is 16.2. The second-order valence-corrected chi connectivity index (χ2v) is 6.06. The number of amides is 1. The summed E-state index contributed by atoms with van der Waals surface area (Å²) in [6.07, 6.45) is 2.39. The van der Waals surface area contributed by atoms with Crippen molar-refractivity contribution in [1.29, 1.82) is 0 Å². The van der Waals surface area contributed by atoms with Gasteiger partial charge in [-0.3, -0.25) is 4.79 Å². The Kier molecular flexibility index (Phi) is 5.34. The molecule has 0 unspecified atom stereocenters. The number of carboxylic acids is 1. The minimum absolute atomic E-state index is 0.00359. The molecule has 0 radical (unpaired) electrons. The lowest BCUT2D eigenvalue weighted by molar-refractivity contribution is -0.131. The van der Waals surface area contributed by atoms with Gasteiger partial charge in [0.15, 0.2) is 0 Å². The van der Waals surface area contributed by atoms with Crippen LogP contribution < -0.4 is 5.32 Å². The third-order valence-electron chi connectivity index (χ3n) is 2.45. The Morgan fingerprint density at radius 2 is 2.00 bits per heavy atom. The second-order valence-electron chi connectivity index (χ2n) is 5.65. The van der Waals surface area contributed by atoms with Crippen LogP contribution in [-0.2, 0) is 4.79 Å². The van der Waals surface area contributed by atoms with Crippen LogP contribution in [0, 0.1) is 5.41 Å². The van der Waals surface area contributed by atoms with Gasteiger partial charge in [-0.2, -0.15) is 0 Å². The van der Waals surface area contributed by atoms with Crippen LogP contribution in [0.3, 0.4) is 0 Å². The zero-order chi connectivity index (χ0) is 15.3. The Labute approximate surface area is 123 Å². The van der Waals surface area contributed by atoms with Crippen molar-refractivity contribution in [2.45, 2.75) is 20.8 Å². The summed E-state index contributed by atoms with van der Waals surface area (Å²) >= 11 is 6.02. The Morgan fingerprint density at radius 1 is 1.35 bits per heavy atom. The first-order valence-electron chi connectivity index (χ1n) is 6.18. The van der Waals surface area contributed by atoms with E-state index >= 15 is 0 Å². The maximum absolute atomic E-state index is 11.9. The molecule has 1 rings (SSSR count). The number of carboxylic acid groups (broad SMARTS) is 1. The smallest absolute Gasteiger partial charge is 0.328 e. The van der Waals surface area contributed by atoms with Crippen molar-refractivity contribution in [2.24, 2.45) is 5.41 Å². The van der Waals surface area contributed by atoms with Crippen LogP contribution >= 0.6 is 11.6 Å². The van der Waals surface area contributed by atoms with Crippen molar-refractivity contribution in [3.8, 4) is 0 Å². The van der Waals surface area contributed by atoms with Crippen molar-refractivity contribution >= 4 is 29.6 Å². The molecule has 0 bridgehead atoms. The average molecular weight is 296 g/mol. The fourth-order valence-electron chi connectivity index (χ4n) is 1.41. The third kappa shape index (κ3) is 5.45. The van der Waals surface area contributed by atoms with Crippen molar-refractivity contribution in [1.82, 2.24) is 5.32 Å². The van der Waals surface area contributed by atoms with E-state index in [0.717, 1.165) is 6.08 Å². The molecular formula is C15H18ClNO3. The molecule has 4 nitrogen and oxygen atoms in total. The van der Waals surface area contributed by atoms with Crippen molar-refractivity contribution in [2.75, 3.05) is 6.54 Å². The molecule has 0 atom stereocenters. The van der Waals surface area contributed by atoms with E-state index in [1.807, 2.05) is 20.8 Å². The highest BCUT2D eigenvalue weighted by Crippen LogP contribution is 2.19. The lowest BCUT2D eigenvalue weighted by Crippen LogP contribution is -2.32. The fourth-order valence-corrected chi connectivity index (χ4v) is 1.66. The highest BCUT2D eigenvalue weighted by atomic mass is 35.5. The van der Waals surface area contributed by atoms with Gasteiger partial charge in [0.2, 0.25) is 0 Å². The van der Waals surface area contributed by atoms with Gasteiger partial charge in [-0.15, -0.1) is 0 Å². The molecule has 2 N–H and O–H groups in total. The van der Waals surface area contributed by atoms with E-state index in [0.29, 0.717) is 22.7 Å². The summed E-state index contributed by atoms with van der Waals surface area (Å²) in [6, 6.07) is 4.76. The molecule has 0 aliphatic heterocycles. The molecule has 0 heterocycles. The molecule has 1 aromatic rings. The first-order valence-corrected chi connectivity index (χ1v) is 6.55. The van der Waals surface area contributed by atoms with E-state index in [4.69, 9.17) is 16.7 Å². The number of aliphatic carboxylic acids is 1. The maximum Gasteiger partial charge on any atom is 0.328 e. The Morgan fingerprint density at radius 3 is 2.50 bits per heavy atom. The highest BCUT2D eigenvalue weighted by Gasteiger charge is 2.13. The zero-order valence-electron chi connectivity index (χ0n) is 11.7. The summed E-state index contributed by atoms with van der Waals surface area (Å²) in [4.78, 5) is 22.4. The van der Waals surface area contributed by atoms with Gasteiger partial charge in [-0.25, -0.2) is 4.79 Å². The molecule has 0 saturated carbocycles. The Hall–Kier alpha value is -1.81. The molecule has 5 heteroatoms. The molecule has 0 aliphatic carbocycles. The summed E-state index contributed by atoms with van der Waals surface area (Å²) in [5.74, 6) is -1.25. The van der Waals surface area contributed by atoms with Gasteiger partial charge >= 0.3 is 5.97 Å². The van der Waals surface area contributed by atoms with Crippen LogP contribution in [0.15, 0.2) is 24.3 Å². The summed E-state index contributed by atoms with van der Waals surface area (Å²) in [7, 11) is 0. The van der Waals surface area contributed by atoms with Gasteiger partial charge < -0.3 is 10.4 Å². The number of rotatable bonds is 4. The summed E-state index contributed by atoms with van der Waals surface area (Å²) < 4.78 is 0. The molecule has 0 spiro atoms. The fraction of sp³-hybridized carbons (Fsp3) is 0.333. The summed E-state index contributed by atoms with van der Waals surface area (Å²) in [6.45, 7) is 6.64. The topological polar surface area (TPSA) is 66.4 Å². The number of benzene rings is 1. The van der Waals surface area contributed by atoms with E-state index < -0.39 is 5.97 Å². The molecule has 20 heavy (non-hydrogen) atoms. The number of halogens is 1. The molecule has 1 amide bonds. The number of carbonyl (C=O) groups is 2. The second kappa shape index (κ2) is 6.57. The quantitative estimate of drug-likeness (QED) is 0.838. The molecule has 0 saturated heterocycles. The summed E-state index contributed by atoms with van der Waals surface area (Å²) in [5, 5.41) is 11.7. The number of hydrogen-bond donors (Lipinski definition) is 2. The maximum atomic E-state index is 11.9. The van der Waals surface area contributed by atoms with E-state index in [1.165, 1.54) is 12.1 Å². The van der Waals surface area contributed by atoms with Crippen LogP contribution in [0.25, 0.3) is 6.08 Å². The normalized spacial score (nSPS) is 11.6. The van der Waals surface area contributed by atoms with Crippen LogP contribution in [0.4, 0.5) is 0 Å². The average Bonchev–Trinajstić information content (AvgIpc) is 2.33. The zero-order valence-corrected chi connectivity index (χ0v) is 12.5. The van der Waals surface area contributed by atoms with E-state index in [1.54, 1.807) is 12.1 Å². The van der Waals surface area contributed by atoms with Gasteiger partial charge in [0.25, 0.3) is 5.91 Å². The van der Waals surface area contributed by atoms with E-state index in [2.05, 4.69) is 5.32 Å². The number of carbonyl (C=O) groups excluding carboxylic acids is 1. The third-order valence-corrected chi connectivity index (χ3v) is 2.77. The van der Waals surface area contributed by atoms with Crippen LogP contribution in [0.1, 0.15) is 36.7 Å². The monoisotopic (exact) mass is 295 g/mol.